The fraction of sp³-hybridized carbons (Fsp3) is 0.588. The lowest BCUT2D eigenvalue weighted by molar-refractivity contribution is -0.129. The topological polar surface area (TPSA) is 218 Å². The van der Waals surface area contributed by atoms with Crippen LogP contribution in [0.15, 0.2) is 0 Å². The molecule has 7 amide bonds. The van der Waals surface area contributed by atoms with Gasteiger partial charge in [-0.05, 0) is 12.0 Å². The predicted octanol–water partition coefficient (Wildman–Crippen LogP) is -4.78. The van der Waals surface area contributed by atoms with E-state index in [1.54, 1.807) is 0 Å². The monoisotopic (exact) mass is 507 g/mol. The molecule has 0 radical (unpaired) electrons. The highest BCUT2D eigenvalue weighted by molar-refractivity contribution is 8.85. The van der Waals surface area contributed by atoms with Gasteiger partial charge < -0.3 is 37.6 Å². The van der Waals surface area contributed by atoms with Crippen LogP contribution >= 0.6 is 20.7 Å². The minimum atomic E-state index is -0.966. The molecule has 1 saturated heterocycles. The van der Waals surface area contributed by atoms with Crippen LogP contribution in [-0.2, 0) is 33.6 Å². The molecule has 1 heterocycles. The first-order chi connectivity index (χ1) is 15.6. The van der Waals surface area contributed by atoms with Crippen LogP contribution in [0.5, 0.6) is 0 Å². The summed E-state index contributed by atoms with van der Waals surface area (Å²) in [6.07, 6.45) is 2.05. The van der Waals surface area contributed by atoms with Gasteiger partial charge in [-0.25, -0.2) is 9.93 Å². The molecule has 0 saturated carbocycles. The van der Waals surface area contributed by atoms with E-state index in [2.05, 4.69) is 31.9 Å². The number of rotatable bonds is 1. The second-order valence-corrected chi connectivity index (χ2v) is 11.7. The summed E-state index contributed by atoms with van der Waals surface area (Å²) in [5.41, 5.74) is 5.33. The molecule has 2 atom stereocenters. The Morgan fingerprint density at radius 2 is 1.15 bits per heavy atom. The van der Waals surface area contributed by atoms with Gasteiger partial charge in [-0.15, -0.1) is 10.8 Å². The highest BCUT2D eigenvalue weighted by Crippen LogP contribution is 2.37. The molecule has 1 rings (SSSR count). The first kappa shape index (κ1) is 28.0. The Labute approximate surface area is 196 Å². The third kappa shape index (κ3) is 13.2. The van der Waals surface area contributed by atoms with Crippen molar-refractivity contribution in [2.24, 2.45) is 5.73 Å². The predicted molar refractivity (Wildman–Crippen MR) is 123 cm³/mol. The van der Waals surface area contributed by atoms with Gasteiger partial charge in [-0.3, -0.25) is 33.6 Å². The zero-order valence-corrected chi connectivity index (χ0v) is 19.7. The van der Waals surface area contributed by atoms with E-state index in [0.29, 0.717) is 5.75 Å². The van der Waals surface area contributed by atoms with Gasteiger partial charge in [0, 0.05) is 12.2 Å². The molecular weight excluding hydrogens is 478 g/mol. The van der Waals surface area contributed by atoms with Crippen LogP contribution in [0.3, 0.4) is 0 Å². The van der Waals surface area contributed by atoms with Gasteiger partial charge in [0.25, 0.3) is 0 Å². The molecule has 33 heavy (non-hydrogen) atoms. The fourth-order valence-corrected chi connectivity index (χ4v) is 5.37. The third-order valence-corrected chi connectivity index (χ3v) is 8.12. The van der Waals surface area contributed by atoms with Crippen molar-refractivity contribution in [3.8, 4) is 0 Å². The molecule has 0 aromatic rings. The maximum absolute atomic E-state index is 12.0. The standard InChI is InChI=1S/C17H29N7O7S2/c1-33-3-2-11(25)19-4-12(26)20-5-13(27)21-6-14(28)22-7-15(29)23-8-16(30)24-10(9-32-33)17(18)31/h10,33H,2-9H2,1H3,(H2,18,31)(H,19,25)(H,20,26)(H,21,27)(H,22,28)(H,23,29)(H,24,30). The van der Waals surface area contributed by atoms with Crippen LogP contribution in [0, 0.1) is 0 Å². The van der Waals surface area contributed by atoms with Crippen LogP contribution in [-0.4, -0.2) is 97.9 Å². The van der Waals surface area contributed by atoms with Crippen molar-refractivity contribution >= 4 is 62.1 Å². The Hall–Kier alpha value is -3.01. The number of carbonyl (C=O) groups is 7. The van der Waals surface area contributed by atoms with Crippen molar-refractivity contribution in [2.75, 3.05) is 50.5 Å². The lowest BCUT2D eigenvalue weighted by atomic mass is 10.3. The van der Waals surface area contributed by atoms with Gasteiger partial charge in [0.2, 0.25) is 41.4 Å². The third-order valence-electron chi connectivity index (χ3n) is 4.02. The minimum absolute atomic E-state index is 0.151. The van der Waals surface area contributed by atoms with E-state index in [-0.39, 0.29) is 24.6 Å². The summed E-state index contributed by atoms with van der Waals surface area (Å²) in [5.74, 6) is -3.57. The van der Waals surface area contributed by atoms with Crippen molar-refractivity contribution in [2.45, 2.75) is 12.5 Å². The lowest BCUT2D eigenvalue weighted by Crippen LogP contribution is -2.50. The van der Waals surface area contributed by atoms with Gasteiger partial charge in [0.1, 0.15) is 6.04 Å². The number of carbonyl (C=O) groups excluding carboxylic acids is 7. The van der Waals surface area contributed by atoms with Gasteiger partial charge in [-0.2, -0.15) is 0 Å². The van der Waals surface area contributed by atoms with E-state index in [1.807, 2.05) is 6.26 Å². The van der Waals surface area contributed by atoms with E-state index < -0.39 is 77.6 Å². The average Bonchev–Trinajstić information content (AvgIpc) is 2.77. The molecule has 0 bridgehead atoms. The highest BCUT2D eigenvalue weighted by atomic mass is 33.1. The molecule has 14 nitrogen and oxygen atoms in total. The zero-order valence-electron chi connectivity index (χ0n) is 18.0. The first-order valence-corrected chi connectivity index (χ1v) is 13.4. The summed E-state index contributed by atoms with van der Waals surface area (Å²) in [6.45, 7) is -2.01. The van der Waals surface area contributed by atoms with Crippen LogP contribution in [0.4, 0.5) is 0 Å². The molecule has 16 heteroatoms. The normalized spacial score (nSPS) is 24.8. The molecule has 0 spiro atoms. The van der Waals surface area contributed by atoms with Crippen molar-refractivity contribution in [3.05, 3.63) is 0 Å². The quantitative estimate of drug-likeness (QED) is 0.127. The molecular formula is C17H29N7O7S2. The molecule has 186 valence electrons. The summed E-state index contributed by atoms with van der Waals surface area (Å²) in [7, 11) is 0.660. The summed E-state index contributed by atoms with van der Waals surface area (Å²) in [6, 6.07) is -0.966. The maximum Gasteiger partial charge on any atom is 0.240 e. The summed E-state index contributed by atoms with van der Waals surface area (Å²) in [4.78, 5) is 82.4. The van der Waals surface area contributed by atoms with E-state index in [9.17, 15) is 33.6 Å². The lowest BCUT2D eigenvalue weighted by Gasteiger charge is -2.20. The second kappa shape index (κ2) is 14.9. The molecule has 0 aliphatic carbocycles. The van der Waals surface area contributed by atoms with Gasteiger partial charge in [0.05, 0.1) is 32.7 Å². The van der Waals surface area contributed by atoms with E-state index in [4.69, 9.17) is 5.73 Å². The van der Waals surface area contributed by atoms with Crippen molar-refractivity contribution in [1.82, 2.24) is 31.9 Å². The number of amides is 7. The van der Waals surface area contributed by atoms with Gasteiger partial charge in [0.15, 0.2) is 0 Å². The summed E-state index contributed by atoms with van der Waals surface area (Å²) in [5, 5.41) is 14.0. The number of nitrogens with two attached hydrogens (primary N) is 1. The van der Waals surface area contributed by atoms with E-state index in [1.165, 1.54) is 10.8 Å². The largest absolute Gasteiger partial charge is 0.368 e. The maximum atomic E-state index is 12.0. The number of thiol groups is 1. The van der Waals surface area contributed by atoms with Crippen molar-refractivity contribution < 1.29 is 33.6 Å². The molecule has 8 N–H and O–H groups in total. The SMILES string of the molecule is C[SH]1CCC(=O)NCC(=O)NCC(=O)NCC(=O)NCC(=O)NCC(=O)NC(C(N)=O)CS1. The number of hydrogen-bond acceptors (Lipinski definition) is 8. The number of primary amides is 1. The molecule has 0 aromatic carbocycles. The van der Waals surface area contributed by atoms with Gasteiger partial charge >= 0.3 is 0 Å². The average molecular weight is 508 g/mol. The Balaban J connectivity index is 2.71. The van der Waals surface area contributed by atoms with Crippen LogP contribution < -0.4 is 37.6 Å². The Bertz CT molecular complexity index is 781. The Kier molecular flexibility index (Phi) is 12.7. The van der Waals surface area contributed by atoms with Crippen LogP contribution in [0.1, 0.15) is 6.42 Å². The second-order valence-electron chi connectivity index (χ2n) is 6.80. The molecule has 1 aliphatic rings. The smallest absolute Gasteiger partial charge is 0.240 e. The molecule has 0 aromatic heterocycles. The van der Waals surface area contributed by atoms with Crippen molar-refractivity contribution in [1.29, 1.82) is 0 Å². The molecule has 2 unspecified atom stereocenters. The van der Waals surface area contributed by atoms with Crippen LogP contribution in [0.2, 0.25) is 0 Å². The highest BCUT2D eigenvalue weighted by Gasteiger charge is 2.20. The zero-order chi connectivity index (χ0) is 24.8. The Morgan fingerprint density at radius 3 is 1.58 bits per heavy atom. The van der Waals surface area contributed by atoms with E-state index >= 15 is 0 Å². The molecule has 1 aliphatic heterocycles. The number of hydrogen-bond donors (Lipinski definition) is 8. The summed E-state index contributed by atoms with van der Waals surface area (Å²) >= 11 is 0. The molecule has 1 fully saturated rings. The number of nitrogens with one attached hydrogen (secondary N) is 6. The first-order valence-electron chi connectivity index (χ1n) is 9.83. The van der Waals surface area contributed by atoms with Crippen LogP contribution in [0.25, 0.3) is 0 Å². The summed E-state index contributed by atoms with van der Waals surface area (Å²) < 4.78 is 0. The van der Waals surface area contributed by atoms with Crippen molar-refractivity contribution in [3.63, 3.8) is 0 Å². The van der Waals surface area contributed by atoms with Gasteiger partial charge in [-0.1, -0.05) is 0 Å². The fourth-order valence-electron chi connectivity index (χ4n) is 2.20. The minimum Gasteiger partial charge on any atom is -0.368 e. The Morgan fingerprint density at radius 1 is 0.758 bits per heavy atom. The van der Waals surface area contributed by atoms with E-state index in [0.717, 1.165) is 0 Å².